The van der Waals surface area contributed by atoms with Crippen molar-refractivity contribution < 1.29 is 29.2 Å². The SMILES string of the molecule is [C-]#[N+]CCOCC(O)CO[CH2-].[CH2-]OCC(O)COCCC#N.[Rf]. The van der Waals surface area contributed by atoms with Gasteiger partial charge in [-0.1, -0.05) is 0 Å². The molecule has 0 aromatic heterocycles. The van der Waals surface area contributed by atoms with Gasteiger partial charge in [-0.05, 0) is 0 Å². The number of aliphatic hydroxyl groups is 2. The summed E-state index contributed by atoms with van der Waals surface area (Å²) < 4.78 is 18.7. The van der Waals surface area contributed by atoms with Gasteiger partial charge in [-0.3, -0.25) is 0 Å². The quantitative estimate of drug-likeness (QED) is 0.250. The Balaban J connectivity index is -0.000000333. The van der Waals surface area contributed by atoms with E-state index in [4.69, 9.17) is 31.5 Å². The van der Waals surface area contributed by atoms with Crippen LogP contribution in [0.3, 0.4) is 0 Å². The van der Waals surface area contributed by atoms with Crippen molar-refractivity contribution in [2.24, 2.45) is 0 Å². The van der Waals surface area contributed by atoms with Crippen molar-refractivity contribution >= 4 is 0 Å². The fourth-order valence-electron chi connectivity index (χ4n) is 1.04. The number of rotatable bonds is 12. The average Bonchev–Trinajstić information content (AvgIpc) is 2.49. The third kappa shape index (κ3) is 25.1. The average molecular weight is 583 g/mol. The van der Waals surface area contributed by atoms with Crippen LogP contribution in [0, 0.1) is 32.1 Å². The minimum atomic E-state index is -0.647. The van der Waals surface area contributed by atoms with Crippen LogP contribution >= 0.6 is 0 Å². The molecular weight excluding hydrogens is 559 g/mol. The molecule has 0 bridgehead atoms. The van der Waals surface area contributed by atoms with Gasteiger partial charge in [-0.2, -0.15) is 5.26 Å². The molecule has 130 valence electrons. The number of ether oxygens (including phenoxy) is 4. The summed E-state index contributed by atoms with van der Waals surface area (Å²) in [5.74, 6) is 0. The Labute approximate surface area is 132 Å². The summed E-state index contributed by atoms with van der Waals surface area (Å²) in [7, 11) is 6.21. The van der Waals surface area contributed by atoms with Gasteiger partial charge in [-0.15, -0.1) is 0 Å². The summed E-state index contributed by atoms with van der Waals surface area (Å²) >= 11 is 0. The third-order valence-corrected chi connectivity index (χ3v) is 1.95. The largest absolute Gasteiger partial charge is 0.553 e. The smallest absolute Gasteiger partial charge is 0.237 e. The van der Waals surface area contributed by atoms with Gasteiger partial charge in [-0.25, -0.2) is 20.8 Å². The van der Waals surface area contributed by atoms with Crippen molar-refractivity contribution in [2.75, 3.05) is 46.2 Å². The van der Waals surface area contributed by atoms with E-state index in [-0.39, 0.29) is 26.4 Å². The van der Waals surface area contributed by atoms with Gasteiger partial charge in [0, 0.05) is 13.2 Å². The molecule has 0 aliphatic carbocycles. The zero-order valence-electron chi connectivity index (χ0n) is 13.4. The molecule has 0 heterocycles. The Morgan fingerprint density at radius 1 is 1.00 bits per heavy atom. The normalized spacial score (nSPS) is 11.9. The molecule has 0 radical (unpaired) electrons. The van der Waals surface area contributed by atoms with E-state index in [1.807, 2.05) is 6.07 Å². The molecule has 0 aromatic carbocycles. The molecule has 0 saturated carbocycles. The molecule has 0 aliphatic rings. The molecule has 0 rings (SSSR count). The zero-order valence-corrected chi connectivity index (χ0v) is 19.8. The van der Waals surface area contributed by atoms with Crippen LogP contribution in [0.4, 0.5) is 0 Å². The summed E-state index contributed by atoms with van der Waals surface area (Å²) in [4.78, 5) is 3.08. The van der Waals surface area contributed by atoms with Gasteiger partial charge in [0.15, 0.2) is 0 Å². The predicted molar refractivity (Wildman–Crippen MR) is 78.0 cm³/mol. The van der Waals surface area contributed by atoms with E-state index < -0.39 is 12.2 Å². The molecular formula is C14H24N2O6Rf-2. The van der Waals surface area contributed by atoms with Crippen LogP contribution in [-0.2, 0) is 18.9 Å². The van der Waals surface area contributed by atoms with Crippen LogP contribution in [0.5, 0.6) is 0 Å². The minimum Gasteiger partial charge on any atom is -0.553 e. The Morgan fingerprint density at radius 3 is 1.87 bits per heavy atom. The fraction of sp³-hybridized carbons (Fsp3) is 0.714. The van der Waals surface area contributed by atoms with Crippen molar-refractivity contribution in [1.29, 1.82) is 5.26 Å². The van der Waals surface area contributed by atoms with Crippen molar-refractivity contribution in [3.05, 3.63) is 25.6 Å². The van der Waals surface area contributed by atoms with Crippen LogP contribution in [-0.4, -0.2) is 68.6 Å². The Bertz CT molecular complexity index is 279. The first-order valence-corrected chi connectivity index (χ1v) is 6.58. The number of hydrogen-bond donors (Lipinski definition) is 2. The summed E-state index contributed by atoms with van der Waals surface area (Å²) in [5.41, 5.74) is 0. The maximum Gasteiger partial charge on any atom is 0.237 e. The van der Waals surface area contributed by atoms with E-state index in [1.54, 1.807) is 0 Å². The summed E-state index contributed by atoms with van der Waals surface area (Å²) in [6.45, 7) is 8.17. The minimum absolute atomic E-state index is 0. The molecule has 8 nitrogen and oxygen atoms in total. The van der Waals surface area contributed by atoms with E-state index in [9.17, 15) is 0 Å². The molecule has 2 atom stereocenters. The molecule has 2 unspecified atom stereocenters. The van der Waals surface area contributed by atoms with Crippen LogP contribution in [0.2, 0.25) is 0 Å². The van der Waals surface area contributed by atoms with E-state index in [1.165, 1.54) is 0 Å². The molecule has 0 aromatic rings. The van der Waals surface area contributed by atoms with Crippen molar-refractivity contribution in [1.82, 2.24) is 0 Å². The van der Waals surface area contributed by atoms with Gasteiger partial charge >= 0.3 is 0 Å². The molecule has 0 spiro atoms. The zero-order chi connectivity index (χ0) is 17.1. The van der Waals surface area contributed by atoms with Crippen LogP contribution in [0.25, 0.3) is 4.85 Å². The number of nitriles is 1. The van der Waals surface area contributed by atoms with Crippen molar-refractivity contribution in [2.45, 2.75) is 18.6 Å². The Hall–Kier alpha value is -2.26. The van der Waals surface area contributed by atoms with Crippen molar-refractivity contribution in [3.63, 3.8) is 0 Å². The number of aliphatic hydroxyl groups excluding tert-OH is 2. The first kappa shape index (κ1) is 25.7. The Kier molecular flexibility index (Phi) is 24.6. The van der Waals surface area contributed by atoms with Gasteiger partial charge in [0.1, 0.15) is 6.61 Å². The standard InChI is InChI=1S/2C7H12NO3.Rf/c1-8-3-4-11-6-7(9)5-10-2;1-10-5-7(9)6-11-4-2-3-8;/h7,9H,2-6H2;7,9H,1-2,4-6H2;/q2*-1;. The second kappa shape index (κ2) is 22.0. The van der Waals surface area contributed by atoms with E-state index in [0.717, 1.165) is 0 Å². The van der Waals surface area contributed by atoms with Crippen LogP contribution in [0.1, 0.15) is 6.42 Å². The molecule has 0 fully saturated rings. The topological polar surface area (TPSA) is 106 Å². The van der Waals surface area contributed by atoms with E-state index in [2.05, 4.69) is 28.5 Å². The first-order chi connectivity index (χ1) is 10.6. The monoisotopic (exact) mass is 583 g/mol. The molecule has 9 heteroatoms. The molecule has 23 heavy (non-hydrogen) atoms. The molecule has 0 amide bonds. The Morgan fingerprint density at radius 2 is 1.48 bits per heavy atom. The summed E-state index contributed by atoms with van der Waals surface area (Å²) in [6.07, 6.45) is -0.942. The molecule has 0 aliphatic heterocycles. The summed E-state index contributed by atoms with van der Waals surface area (Å²) in [6, 6.07) is 1.92. The van der Waals surface area contributed by atoms with E-state index >= 15 is 0 Å². The van der Waals surface area contributed by atoms with Crippen LogP contribution in [0.15, 0.2) is 0 Å². The van der Waals surface area contributed by atoms with Crippen LogP contribution < -0.4 is 0 Å². The van der Waals surface area contributed by atoms with Gasteiger partial charge < -0.3 is 34.0 Å². The second-order valence-corrected chi connectivity index (χ2v) is 3.99. The van der Waals surface area contributed by atoms with Gasteiger partial charge in [0.05, 0.1) is 44.5 Å². The van der Waals surface area contributed by atoms with Crippen molar-refractivity contribution in [3.8, 4) is 6.07 Å². The number of nitrogens with zero attached hydrogens (tertiary/aromatic N) is 2. The second-order valence-electron chi connectivity index (χ2n) is 3.99. The van der Waals surface area contributed by atoms with Gasteiger partial charge in [0.2, 0.25) is 6.54 Å². The maximum absolute atomic E-state index is 8.98. The first-order valence-electron chi connectivity index (χ1n) is 6.58. The molecule has 2 N–H and O–H groups in total. The van der Waals surface area contributed by atoms with Gasteiger partial charge in [0.25, 0.3) is 0 Å². The fourth-order valence-corrected chi connectivity index (χ4v) is 1.04. The number of hydrogen-bond acceptors (Lipinski definition) is 7. The third-order valence-electron chi connectivity index (χ3n) is 1.95. The maximum atomic E-state index is 8.98. The molecule has 0 saturated heterocycles. The predicted octanol–water partition coefficient (Wildman–Crippen LogP) is 0.177. The summed E-state index contributed by atoms with van der Waals surface area (Å²) in [5, 5.41) is 26.1. The van der Waals surface area contributed by atoms with E-state index in [0.29, 0.717) is 26.2 Å².